The summed E-state index contributed by atoms with van der Waals surface area (Å²) in [6.07, 6.45) is 10.4. The summed E-state index contributed by atoms with van der Waals surface area (Å²) in [5.41, 5.74) is 8.28. The highest BCUT2D eigenvalue weighted by Crippen LogP contribution is 2.49. The van der Waals surface area contributed by atoms with Crippen LogP contribution in [0.15, 0.2) is 42.0 Å². The second-order valence-corrected chi connectivity index (χ2v) is 13.3. The van der Waals surface area contributed by atoms with Crippen molar-refractivity contribution in [2.24, 2.45) is 0 Å². The monoisotopic (exact) mass is 599 g/mol. The van der Waals surface area contributed by atoms with Crippen LogP contribution in [0.4, 0.5) is 5.69 Å². The highest BCUT2D eigenvalue weighted by Gasteiger charge is 2.38. The minimum Gasteiger partial charge on any atom is -0.378 e. The zero-order valence-electron chi connectivity index (χ0n) is 23.8. The Bertz CT molecular complexity index is 1620. The summed E-state index contributed by atoms with van der Waals surface area (Å²) in [6.45, 7) is 4.65. The number of allylic oxidation sites excluding steroid dienone is 2. The van der Waals surface area contributed by atoms with Crippen molar-refractivity contribution in [3.63, 3.8) is 0 Å². The molecule has 0 atom stereocenters. The molecule has 0 N–H and O–H groups in total. The number of carbonyl (C=O) groups excluding carboxylic acids is 2. The molecule has 210 valence electrons. The Labute approximate surface area is 255 Å². The number of benzene rings is 1. The largest absolute Gasteiger partial charge is 0.378 e. The van der Waals surface area contributed by atoms with E-state index in [-0.39, 0.29) is 17.4 Å². The van der Waals surface area contributed by atoms with Gasteiger partial charge in [-0.25, -0.2) is 0 Å². The maximum absolute atomic E-state index is 13.1. The summed E-state index contributed by atoms with van der Waals surface area (Å²) in [5, 5.41) is 0.298. The van der Waals surface area contributed by atoms with Gasteiger partial charge in [-0.2, -0.15) is 0 Å². The summed E-state index contributed by atoms with van der Waals surface area (Å²) < 4.78 is 0. The number of fused-ring (bicyclic) bond motifs is 2. The second-order valence-electron chi connectivity index (χ2n) is 10.7. The fourth-order valence-corrected chi connectivity index (χ4v) is 8.74. The Balaban J connectivity index is 1.27. The first-order chi connectivity index (χ1) is 19.8. The van der Waals surface area contributed by atoms with E-state index in [2.05, 4.69) is 67.5 Å². The van der Waals surface area contributed by atoms with E-state index in [1.807, 2.05) is 25.2 Å². The van der Waals surface area contributed by atoms with Crippen molar-refractivity contribution in [1.82, 2.24) is 9.80 Å². The van der Waals surface area contributed by atoms with Gasteiger partial charge in [-0.15, -0.1) is 22.7 Å². The Kier molecular flexibility index (Phi) is 7.57. The fourth-order valence-electron chi connectivity index (χ4n) is 5.85. The normalized spacial score (nSPS) is 18.6. The molecule has 0 bridgehead atoms. The molecule has 1 fully saturated rings. The van der Waals surface area contributed by atoms with Crippen LogP contribution >= 0.6 is 34.9 Å². The van der Waals surface area contributed by atoms with E-state index in [0.29, 0.717) is 18.2 Å². The van der Waals surface area contributed by atoms with Gasteiger partial charge in [-0.05, 0) is 116 Å². The summed E-state index contributed by atoms with van der Waals surface area (Å²) in [5.74, 6) is -0.597. The van der Waals surface area contributed by atoms with E-state index < -0.39 is 0 Å². The molecule has 41 heavy (non-hydrogen) atoms. The summed E-state index contributed by atoms with van der Waals surface area (Å²) >= 11 is 9.00. The first-order valence-electron chi connectivity index (χ1n) is 14.1. The average Bonchev–Trinajstić information content (AvgIpc) is 3.72. The third-order valence-corrected chi connectivity index (χ3v) is 10.9. The lowest BCUT2D eigenvalue weighted by atomic mass is 10.1. The van der Waals surface area contributed by atoms with E-state index in [0.717, 1.165) is 30.6 Å². The Morgan fingerprint density at radius 3 is 1.88 bits per heavy atom. The van der Waals surface area contributed by atoms with Crippen molar-refractivity contribution >= 4 is 86.9 Å². The topological polar surface area (TPSA) is 43.9 Å². The van der Waals surface area contributed by atoms with E-state index in [9.17, 15) is 9.59 Å². The SMILES string of the molecule is CCN1C(=O)C(=Cc2cc3c(s2)/C(=C2/CCc4cc(/C=C/c5ccc(N(C)C)cc5)sc42)CC3)C(=O)N(CC)C1=S. The number of nitrogens with zero attached hydrogens (tertiary/aromatic N) is 3. The number of aryl methyl sites for hydroxylation is 2. The van der Waals surface area contributed by atoms with Crippen molar-refractivity contribution in [1.29, 1.82) is 0 Å². The number of hydrogen-bond acceptors (Lipinski definition) is 6. The van der Waals surface area contributed by atoms with Gasteiger partial charge in [0.05, 0.1) is 0 Å². The average molecular weight is 600 g/mol. The number of carbonyl (C=O) groups is 2. The third kappa shape index (κ3) is 5.02. The van der Waals surface area contributed by atoms with Crippen molar-refractivity contribution in [2.75, 3.05) is 32.1 Å². The van der Waals surface area contributed by atoms with Crippen LogP contribution in [-0.2, 0) is 22.4 Å². The maximum Gasteiger partial charge on any atom is 0.265 e. The molecule has 0 spiro atoms. The lowest BCUT2D eigenvalue weighted by molar-refractivity contribution is -0.133. The van der Waals surface area contributed by atoms with Crippen LogP contribution in [0.25, 0.3) is 29.4 Å². The van der Waals surface area contributed by atoms with Crippen molar-refractivity contribution in [2.45, 2.75) is 39.5 Å². The molecule has 6 rings (SSSR count). The van der Waals surface area contributed by atoms with Crippen LogP contribution in [0.1, 0.15) is 62.9 Å². The van der Waals surface area contributed by atoms with Crippen molar-refractivity contribution in [3.8, 4) is 0 Å². The minimum absolute atomic E-state index is 0.200. The van der Waals surface area contributed by atoms with Crippen LogP contribution in [-0.4, -0.2) is 53.9 Å². The zero-order chi connectivity index (χ0) is 28.8. The predicted molar refractivity (Wildman–Crippen MR) is 177 cm³/mol. The molecular weight excluding hydrogens is 567 g/mol. The van der Waals surface area contributed by atoms with Crippen LogP contribution < -0.4 is 4.90 Å². The quantitative estimate of drug-likeness (QED) is 0.170. The molecule has 0 unspecified atom stereocenters. The Morgan fingerprint density at radius 2 is 1.34 bits per heavy atom. The third-order valence-electron chi connectivity index (χ3n) is 8.04. The molecule has 0 saturated carbocycles. The van der Waals surface area contributed by atoms with Gasteiger partial charge in [0.2, 0.25) is 0 Å². The van der Waals surface area contributed by atoms with Crippen LogP contribution in [0.5, 0.6) is 0 Å². The molecule has 3 aromatic rings. The smallest absolute Gasteiger partial charge is 0.265 e. The van der Waals surface area contributed by atoms with Gasteiger partial charge >= 0.3 is 0 Å². The molecule has 5 nitrogen and oxygen atoms in total. The molecular formula is C33H33N3O2S3. The minimum atomic E-state index is -0.299. The standard InChI is InChI=1S/C33H33N3O2S3/c1-5-35-31(37)28(32(38)36(6-2)33(35)39)19-25-18-22-11-16-27(30(22)41-25)26-15-10-21-17-24(40-29(21)26)14-9-20-7-12-23(13-8-20)34(3)4/h7-9,12-14,17-19H,5-6,10-11,15-16H2,1-4H3/b14-9+,27-26-. The molecule has 3 aliphatic rings. The van der Waals surface area contributed by atoms with Gasteiger partial charge < -0.3 is 4.90 Å². The Morgan fingerprint density at radius 1 is 0.805 bits per heavy atom. The van der Waals surface area contributed by atoms with Gasteiger partial charge in [0.1, 0.15) is 5.57 Å². The van der Waals surface area contributed by atoms with Gasteiger partial charge in [-0.1, -0.05) is 18.2 Å². The molecule has 2 amide bonds. The van der Waals surface area contributed by atoms with E-state index in [1.54, 1.807) is 17.4 Å². The van der Waals surface area contributed by atoms with Crippen LogP contribution in [0, 0.1) is 0 Å². The number of rotatable bonds is 6. The molecule has 2 aliphatic carbocycles. The van der Waals surface area contributed by atoms with E-state index in [1.165, 1.54) is 58.0 Å². The lowest BCUT2D eigenvalue weighted by Gasteiger charge is -2.35. The molecule has 1 aromatic carbocycles. The van der Waals surface area contributed by atoms with Gasteiger partial charge in [0, 0.05) is 52.4 Å². The molecule has 0 radical (unpaired) electrons. The lowest BCUT2D eigenvalue weighted by Crippen LogP contribution is -2.55. The highest BCUT2D eigenvalue weighted by atomic mass is 32.1. The Hall–Kier alpha value is -3.33. The summed E-state index contributed by atoms with van der Waals surface area (Å²) in [4.78, 5) is 36.4. The van der Waals surface area contributed by atoms with Gasteiger partial charge in [-0.3, -0.25) is 19.4 Å². The first kappa shape index (κ1) is 27.8. The zero-order valence-corrected chi connectivity index (χ0v) is 26.3. The first-order valence-corrected chi connectivity index (χ1v) is 16.2. The molecule has 2 aromatic heterocycles. The summed E-state index contributed by atoms with van der Waals surface area (Å²) in [7, 11) is 4.11. The summed E-state index contributed by atoms with van der Waals surface area (Å²) in [6, 6.07) is 13.1. The number of amides is 2. The van der Waals surface area contributed by atoms with Crippen molar-refractivity contribution < 1.29 is 9.59 Å². The number of anilines is 1. The highest BCUT2D eigenvalue weighted by molar-refractivity contribution is 7.80. The number of thiocarbonyl (C=S) groups is 1. The van der Waals surface area contributed by atoms with Crippen molar-refractivity contribution in [3.05, 3.63) is 78.2 Å². The van der Waals surface area contributed by atoms with Crippen LogP contribution in [0.3, 0.4) is 0 Å². The second kappa shape index (κ2) is 11.2. The van der Waals surface area contributed by atoms with Crippen LogP contribution in [0.2, 0.25) is 0 Å². The fraction of sp³-hybridized carbons (Fsp3) is 0.303. The van der Waals surface area contributed by atoms with Gasteiger partial charge in [0.15, 0.2) is 5.11 Å². The van der Waals surface area contributed by atoms with E-state index in [4.69, 9.17) is 12.2 Å². The predicted octanol–water partition coefficient (Wildman–Crippen LogP) is 7.23. The molecule has 3 heterocycles. The number of thiophene rings is 2. The van der Waals surface area contributed by atoms with Gasteiger partial charge in [0.25, 0.3) is 11.8 Å². The molecule has 1 saturated heterocycles. The number of hydrogen-bond donors (Lipinski definition) is 0. The molecule has 1 aliphatic heterocycles. The maximum atomic E-state index is 13.1. The number of likely N-dealkylation sites (N-methyl/N-ethyl adjacent to an activating group) is 2. The van der Waals surface area contributed by atoms with E-state index >= 15 is 0 Å². The molecule has 8 heteroatoms.